The number of piperidine rings is 1. The number of halogens is 1. The number of ether oxygens (including phenoxy) is 1. The summed E-state index contributed by atoms with van der Waals surface area (Å²) in [6.45, 7) is 15.0. The molecule has 0 aromatic rings. The number of unbranched alkanes of at least 4 members (excludes halogenated alkanes) is 1. The second-order valence-electron chi connectivity index (χ2n) is 7.18. The molecule has 0 unspecified atom stereocenters. The summed E-state index contributed by atoms with van der Waals surface area (Å²) in [5, 5.41) is 7.05. The van der Waals surface area contributed by atoms with E-state index in [2.05, 4.69) is 34.3 Å². The van der Waals surface area contributed by atoms with Crippen molar-refractivity contribution in [3.05, 3.63) is 0 Å². The van der Waals surface area contributed by atoms with Crippen molar-refractivity contribution in [2.45, 2.75) is 52.0 Å². The lowest BCUT2D eigenvalue weighted by Gasteiger charge is -2.32. The van der Waals surface area contributed by atoms with Crippen LogP contribution in [0.15, 0.2) is 4.99 Å². The molecule has 154 valence electrons. The molecule has 0 bridgehead atoms. The molecule has 0 aromatic heterocycles. The molecular formula is C19H40IN5O. The van der Waals surface area contributed by atoms with E-state index in [0.29, 0.717) is 6.04 Å². The van der Waals surface area contributed by atoms with Crippen LogP contribution >= 0.6 is 24.0 Å². The number of nitrogens with one attached hydrogen (secondary N) is 2. The Bertz CT molecular complexity index is 369. The number of morpholine rings is 1. The molecule has 2 aliphatic rings. The molecule has 2 saturated heterocycles. The highest BCUT2D eigenvalue weighted by atomic mass is 127. The Balaban J connectivity index is 0.00000338. The highest BCUT2D eigenvalue weighted by Gasteiger charge is 2.19. The summed E-state index contributed by atoms with van der Waals surface area (Å²) in [6, 6.07) is 0.569. The zero-order valence-electron chi connectivity index (χ0n) is 16.8. The fraction of sp³-hybridized carbons (Fsp3) is 0.947. The van der Waals surface area contributed by atoms with E-state index in [1.807, 2.05) is 0 Å². The van der Waals surface area contributed by atoms with Crippen LogP contribution in [0.2, 0.25) is 0 Å². The molecule has 2 aliphatic heterocycles. The average molecular weight is 481 g/mol. The minimum atomic E-state index is 0. The number of nitrogens with zero attached hydrogens (tertiary/aromatic N) is 3. The Kier molecular flexibility index (Phi) is 13.7. The molecule has 2 fully saturated rings. The average Bonchev–Trinajstić information content (AvgIpc) is 2.64. The van der Waals surface area contributed by atoms with Gasteiger partial charge in [0.05, 0.1) is 13.2 Å². The topological polar surface area (TPSA) is 52.1 Å². The second-order valence-corrected chi connectivity index (χ2v) is 7.18. The third kappa shape index (κ3) is 9.71. The van der Waals surface area contributed by atoms with Crippen molar-refractivity contribution >= 4 is 29.9 Å². The maximum Gasteiger partial charge on any atom is 0.191 e. The highest BCUT2D eigenvalue weighted by molar-refractivity contribution is 14.0. The van der Waals surface area contributed by atoms with Crippen LogP contribution in [0.4, 0.5) is 0 Å². The van der Waals surface area contributed by atoms with Gasteiger partial charge in [-0.05, 0) is 52.1 Å². The van der Waals surface area contributed by atoms with Crippen LogP contribution in [0.25, 0.3) is 0 Å². The Morgan fingerprint density at radius 2 is 1.69 bits per heavy atom. The van der Waals surface area contributed by atoms with Crippen LogP contribution in [-0.4, -0.2) is 87.4 Å². The fourth-order valence-corrected chi connectivity index (χ4v) is 3.59. The molecule has 0 atom stereocenters. The van der Waals surface area contributed by atoms with Crippen molar-refractivity contribution in [3.63, 3.8) is 0 Å². The van der Waals surface area contributed by atoms with Gasteiger partial charge in [0.1, 0.15) is 0 Å². The minimum absolute atomic E-state index is 0. The summed E-state index contributed by atoms with van der Waals surface area (Å²) >= 11 is 0. The lowest BCUT2D eigenvalue weighted by atomic mass is 10.1. The number of aliphatic imine (C=N–C) groups is 1. The zero-order chi connectivity index (χ0) is 17.7. The van der Waals surface area contributed by atoms with Crippen LogP contribution in [0.3, 0.4) is 0 Å². The highest BCUT2D eigenvalue weighted by Crippen LogP contribution is 2.10. The van der Waals surface area contributed by atoms with E-state index in [1.165, 1.54) is 51.9 Å². The van der Waals surface area contributed by atoms with Gasteiger partial charge in [-0.2, -0.15) is 0 Å². The molecule has 2 rings (SSSR count). The van der Waals surface area contributed by atoms with E-state index in [9.17, 15) is 0 Å². The van der Waals surface area contributed by atoms with Gasteiger partial charge in [-0.25, -0.2) is 0 Å². The van der Waals surface area contributed by atoms with Crippen molar-refractivity contribution in [2.75, 3.05) is 65.6 Å². The fourth-order valence-electron chi connectivity index (χ4n) is 3.59. The van der Waals surface area contributed by atoms with E-state index in [1.54, 1.807) is 0 Å². The summed E-state index contributed by atoms with van der Waals surface area (Å²) in [4.78, 5) is 9.86. The third-order valence-corrected chi connectivity index (χ3v) is 5.07. The van der Waals surface area contributed by atoms with Crippen molar-refractivity contribution in [1.82, 2.24) is 20.4 Å². The van der Waals surface area contributed by atoms with Crippen molar-refractivity contribution in [1.29, 1.82) is 0 Å². The lowest BCUT2D eigenvalue weighted by Crippen LogP contribution is -2.48. The van der Waals surface area contributed by atoms with Crippen LogP contribution in [0.5, 0.6) is 0 Å². The number of hydrogen-bond acceptors (Lipinski definition) is 4. The van der Waals surface area contributed by atoms with Gasteiger partial charge < -0.3 is 20.3 Å². The predicted octanol–water partition coefficient (Wildman–Crippen LogP) is 2.15. The molecule has 7 heteroatoms. The molecule has 0 aliphatic carbocycles. The Labute approximate surface area is 177 Å². The molecule has 0 spiro atoms. The maximum absolute atomic E-state index is 5.39. The van der Waals surface area contributed by atoms with Crippen LogP contribution < -0.4 is 10.6 Å². The Morgan fingerprint density at radius 1 is 1.00 bits per heavy atom. The second kappa shape index (κ2) is 14.9. The molecule has 6 nitrogen and oxygen atoms in total. The van der Waals surface area contributed by atoms with Gasteiger partial charge in [0.25, 0.3) is 0 Å². The van der Waals surface area contributed by atoms with Crippen LogP contribution in [0, 0.1) is 0 Å². The molecule has 0 saturated carbocycles. The predicted molar refractivity (Wildman–Crippen MR) is 121 cm³/mol. The first-order valence-electron chi connectivity index (χ1n) is 10.4. The van der Waals surface area contributed by atoms with E-state index in [0.717, 1.165) is 51.8 Å². The van der Waals surface area contributed by atoms with Gasteiger partial charge in [-0.1, -0.05) is 6.92 Å². The first kappa shape index (κ1) is 23.9. The summed E-state index contributed by atoms with van der Waals surface area (Å²) in [5.41, 5.74) is 0. The summed E-state index contributed by atoms with van der Waals surface area (Å²) < 4.78 is 5.39. The summed E-state index contributed by atoms with van der Waals surface area (Å²) in [5.74, 6) is 1.00. The van der Waals surface area contributed by atoms with Gasteiger partial charge in [0.2, 0.25) is 0 Å². The largest absolute Gasteiger partial charge is 0.379 e. The summed E-state index contributed by atoms with van der Waals surface area (Å²) in [7, 11) is 0. The van der Waals surface area contributed by atoms with Gasteiger partial charge >= 0.3 is 0 Å². The monoisotopic (exact) mass is 481 g/mol. The Morgan fingerprint density at radius 3 is 2.35 bits per heavy atom. The van der Waals surface area contributed by atoms with Gasteiger partial charge in [0.15, 0.2) is 5.96 Å². The van der Waals surface area contributed by atoms with Crippen LogP contribution in [-0.2, 0) is 4.74 Å². The summed E-state index contributed by atoms with van der Waals surface area (Å²) in [6.07, 6.45) is 6.08. The zero-order valence-corrected chi connectivity index (χ0v) is 19.2. The van der Waals surface area contributed by atoms with Crippen molar-refractivity contribution in [2.24, 2.45) is 4.99 Å². The number of guanidine groups is 1. The molecule has 26 heavy (non-hydrogen) atoms. The standard InChI is InChI=1S/C19H39N5O.HI/c1-3-10-23-12-7-18(8-13-23)22-19(20-4-2)21-9-5-6-11-24-14-16-25-17-15-24;/h18H,3-17H2,1-2H3,(H2,20,21,22);1H. The number of rotatable bonds is 9. The van der Waals surface area contributed by atoms with E-state index < -0.39 is 0 Å². The van der Waals surface area contributed by atoms with E-state index in [4.69, 9.17) is 9.73 Å². The van der Waals surface area contributed by atoms with Crippen molar-refractivity contribution < 1.29 is 4.74 Å². The van der Waals surface area contributed by atoms with Gasteiger partial charge in [-0.3, -0.25) is 9.89 Å². The van der Waals surface area contributed by atoms with E-state index in [-0.39, 0.29) is 24.0 Å². The molecular weight excluding hydrogens is 441 g/mol. The number of likely N-dealkylation sites (tertiary alicyclic amines) is 1. The SMILES string of the molecule is CCCN1CCC(NC(=NCCCCN2CCOCC2)NCC)CC1.I. The molecule has 0 aromatic carbocycles. The normalized spacial score (nSPS) is 20.6. The van der Waals surface area contributed by atoms with Crippen LogP contribution in [0.1, 0.15) is 46.0 Å². The maximum atomic E-state index is 5.39. The first-order valence-corrected chi connectivity index (χ1v) is 10.4. The molecule has 2 N–H and O–H groups in total. The Hall–Kier alpha value is -0.120. The molecule has 2 heterocycles. The third-order valence-electron chi connectivity index (χ3n) is 5.07. The first-order chi connectivity index (χ1) is 12.3. The quantitative estimate of drug-likeness (QED) is 0.229. The number of hydrogen-bond donors (Lipinski definition) is 2. The molecule has 0 radical (unpaired) electrons. The lowest BCUT2D eigenvalue weighted by molar-refractivity contribution is 0.0373. The molecule has 0 amide bonds. The van der Waals surface area contributed by atoms with Gasteiger partial charge in [-0.15, -0.1) is 24.0 Å². The van der Waals surface area contributed by atoms with Crippen molar-refractivity contribution in [3.8, 4) is 0 Å². The minimum Gasteiger partial charge on any atom is -0.379 e. The smallest absolute Gasteiger partial charge is 0.191 e. The van der Waals surface area contributed by atoms with Gasteiger partial charge in [0, 0.05) is 45.3 Å². The van der Waals surface area contributed by atoms with E-state index >= 15 is 0 Å².